The molecule has 5 nitrogen and oxygen atoms in total. The van der Waals surface area contributed by atoms with Gasteiger partial charge in [0.2, 0.25) is 0 Å². The Morgan fingerprint density at radius 3 is 2.78 bits per heavy atom. The van der Waals surface area contributed by atoms with Gasteiger partial charge in [0.25, 0.3) is 10.0 Å². The van der Waals surface area contributed by atoms with Crippen LogP contribution in [0.25, 0.3) is 0 Å². The summed E-state index contributed by atoms with van der Waals surface area (Å²) < 4.78 is 26.7. The van der Waals surface area contributed by atoms with Crippen molar-refractivity contribution in [2.45, 2.75) is 17.7 Å². The molecule has 0 spiro atoms. The fourth-order valence-corrected chi connectivity index (χ4v) is 3.63. The Bertz CT molecular complexity index is 650. The lowest BCUT2D eigenvalue weighted by atomic mass is 10.3. The predicted octanol–water partition coefficient (Wildman–Crippen LogP) is 1.74. The van der Waals surface area contributed by atoms with Crippen LogP contribution in [0.4, 0.5) is 5.69 Å². The summed E-state index contributed by atoms with van der Waals surface area (Å²) in [5, 5.41) is 10.5. The van der Waals surface area contributed by atoms with Crippen molar-refractivity contribution in [1.82, 2.24) is 4.98 Å². The van der Waals surface area contributed by atoms with Crippen LogP contribution in [-0.4, -0.2) is 18.5 Å². The first-order valence-corrected chi connectivity index (χ1v) is 7.50. The minimum Gasteiger partial charge on any atom is -0.392 e. The van der Waals surface area contributed by atoms with Crippen LogP contribution in [0.2, 0.25) is 0 Å². The van der Waals surface area contributed by atoms with E-state index in [2.05, 4.69) is 9.71 Å². The van der Waals surface area contributed by atoms with Gasteiger partial charge in [0.05, 0.1) is 18.5 Å². The molecule has 0 amide bonds. The molecule has 2 aromatic heterocycles. The quantitative estimate of drug-likeness (QED) is 0.896. The van der Waals surface area contributed by atoms with E-state index in [0.29, 0.717) is 11.3 Å². The SMILES string of the molecule is Cc1cncc(NS(=O)(=O)c2cc(CO)cs2)c1. The molecule has 2 aromatic rings. The molecule has 0 aliphatic rings. The molecule has 96 valence electrons. The van der Waals surface area contributed by atoms with Crippen LogP contribution in [0.1, 0.15) is 11.1 Å². The van der Waals surface area contributed by atoms with Gasteiger partial charge in [-0.25, -0.2) is 8.42 Å². The highest BCUT2D eigenvalue weighted by molar-refractivity contribution is 7.94. The van der Waals surface area contributed by atoms with E-state index in [0.717, 1.165) is 16.9 Å². The lowest BCUT2D eigenvalue weighted by Gasteiger charge is -2.05. The molecule has 0 radical (unpaired) electrons. The highest BCUT2D eigenvalue weighted by atomic mass is 32.2. The molecule has 0 aliphatic heterocycles. The van der Waals surface area contributed by atoms with Crippen molar-refractivity contribution >= 4 is 27.0 Å². The van der Waals surface area contributed by atoms with Crippen LogP contribution in [0, 0.1) is 6.92 Å². The molecule has 0 aliphatic carbocycles. The number of aliphatic hydroxyl groups excluding tert-OH is 1. The van der Waals surface area contributed by atoms with Crippen LogP contribution >= 0.6 is 11.3 Å². The number of thiophene rings is 1. The van der Waals surface area contributed by atoms with Gasteiger partial charge in [-0.05, 0) is 35.6 Å². The van der Waals surface area contributed by atoms with Crippen molar-refractivity contribution in [3.8, 4) is 0 Å². The van der Waals surface area contributed by atoms with Crippen LogP contribution in [-0.2, 0) is 16.6 Å². The van der Waals surface area contributed by atoms with Gasteiger partial charge < -0.3 is 5.11 Å². The van der Waals surface area contributed by atoms with Gasteiger partial charge in [-0.15, -0.1) is 11.3 Å². The number of anilines is 1. The molecular formula is C11H12N2O3S2. The summed E-state index contributed by atoms with van der Waals surface area (Å²) in [6.07, 6.45) is 3.10. The molecule has 0 bridgehead atoms. The van der Waals surface area contributed by atoms with E-state index >= 15 is 0 Å². The van der Waals surface area contributed by atoms with Crippen molar-refractivity contribution in [2.75, 3.05) is 4.72 Å². The van der Waals surface area contributed by atoms with Gasteiger partial charge in [-0.1, -0.05) is 0 Å². The van der Waals surface area contributed by atoms with Crippen LogP contribution in [0.15, 0.2) is 34.1 Å². The maximum atomic E-state index is 12.0. The van der Waals surface area contributed by atoms with Gasteiger partial charge in [0, 0.05) is 6.20 Å². The number of aryl methyl sites for hydroxylation is 1. The number of sulfonamides is 1. The van der Waals surface area contributed by atoms with Crippen LogP contribution in [0.5, 0.6) is 0 Å². The molecule has 2 N–H and O–H groups in total. The number of nitrogens with one attached hydrogen (secondary N) is 1. The van der Waals surface area contributed by atoms with Gasteiger partial charge in [0.1, 0.15) is 4.21 Å². The number of aromatic nitrogens is 1. The second-order valence-corrected chi connectivity index (χ2v) is 6.61. The van der Waals surface area contributed by atoms with E-state index in [1.807, 2.05) is 6.92 Å². The lowest BCUT2D eigenvalue weighted by molar-refractivity contribution is 0.282. The van der Waals surface area contributed by atoms with Gasteiger partial charge in [0.15, 0.2) is 0 Å². The normalized spacial score (nSPS) is 11.4. The third-order valence-corrected chi connectivity index (χ3v) is 5.07. The molecule has 2 heterocycles. The average molecular weight is 284 g/mol. The zero-order valence-electron chi connectivity index (χ0n) is 9.62. The monoisotopic (exact) mass is 284 g/mol. The van der Waals surface area contributed by atoms with Crippen LogP contribution < -0.4 is 4.72 Å². The van der Waals surface area contributed by atoms with E-state index in [4.69, 9.17) is 5.11 Å². The van der Waals surface area contributed by atoms with Crippen LogP contribution in [0.3, 0.4) is 0 Å². The summed E-state index contributed by atoms with van der Waals surface area (Å²) in [5.74, 6) is 0. The second-order valence-electron chi connectivity index (χ2n) is 3.79. The first kappa shape index (κ1) is 13.0. The van der Waals surface area contributed by atoms with Crippen molar-refractivity contribution in [1.29, 1.82) is 0 Å². The Labute approximate surface area is 109 Å². The van der Waals surface area contributed by atoms with Gasteiger partial charge in [-0.3, -0.25) is 9.71 Å². The number of pyridine rings is 1. The molecule has 0 aromatic carbocycles. The van der Waals surface area contributed by atoms with E-state index in [9.17, 15) is 8.42 Å². The summed E-state index contributed by atoms with van der Waals surface area (Å²) in [4.78, 5) is 3.92. The summed E-state index contributed by atoms with van der Waals surface area (Å²) >= 11 is 1.07. The first-order valence-electron chi connectivity index (χ1n) is 5.14. The molecule has 2 rings (SSSR count). The maximum absolute atomic E-state index is 12.0. The molecule has 7 heteroatoms. The largest absolute Gasteiger partial charge is 0.392 e. The van der Waals surface area contributed by atoms with Crippen molar-refractivity contribution in [3.63, 3.8) is 0 Å². The van der Waals surface area contributed by atoms with Crippen molar-refractivity contribution in [2.24, 2.45) is 0 Å². The molecular weight excluding hydrogens is 272 g/mol. The molecule has 0 fully saturated rings. The Hall–Kier alpha value is -1.44. The fourth-order valence-electron chi connectivity index (χ4n) is 1.39. The zero-order chi connectivity index (χ0) is 13.2. The Balaban J connectivity index is 2.27. The van der Waals surface area contributed by atoms with Crippen molar-refractivity contribution < 1.29 is 13.5 Å². The Morgan fingerprint density at radius 1 is 1.39 bits per heavy atom. The lowest BCUT2D eigenvalue weighted by Crippen LogP contribution is -2.11. The molecule has 0 saturated heterocycles. The Kier molecular flexibility index (Phi) is 3.65. The third kappa shape index (κ3) is 2.87. The Morgan fingerprint density at radius 2 is 2.17 bits per heavy atom. The summed E-state index contributed by atoms with van der Waals surface area (Å²) in [6, 6.07) is 3.15. The summed E-state index contributed by atoms with van der Waals surface area (Å²) in [6.45, 7) is 1.66. The highest BCUT2D eigenvalue weighted by Gasteiger charge is 2.16. The number of rotatable bonds is 4. The number of aliphatic hydroxyl groups is 1. The maximum Gasteiger partial charge on any atom is 0.271 e. The highest BCUT2D eigenvalue weighted by Crippen LogP contribution is 2.23. The third-order valence-electron chi connectivity index (χ3n) is 2.20. The van der Waals surface area contributed by atoms with Crippen molar-refractivity contribution in [3.05, 3.63) is 41.0 Å². The minimum atomic E-state index is -3.60. The minimum absolute atomic E-state index is 0.169. The van der Waals surface area contributed by atoms with Gasteiger partial charge in [-0.2, -0.15) is 0 Å². The number of hydrogen-bond acceptors (Lipinski definition) is 5. The molecule has 0 atom stereocenters. The molecule has 0 saturated carbocycles. The summed E-state index contributed by atoms with van der Waals surface area (Å²) in [7, 11) is -3.60. The van der Waals surface area contributed by atoms with E-state index < -0.39 is 10.0 Å². The smallest absolute Gasteiger partial charge is 0.271 e. The van der Waals surface area contributed by atoms with E-state index in [1.165, 1.54) is 12.3 Å². The van der Waals surface area contributed by atoms with E-state index in [-0.39, 0.29) is 10.8 Å². The average Bonchev–Trinajstić information content (AvgIpc) is 2.77. The number of hydrogen-bond donors (Lipinski definition) is 2. The topological polar surface area (TPSA) is 79.3 Å². The summed E-state index contributed by atoms with van der Waals surface area (Å²) in [5.41, 5.74) is 1.88. The predicted molar refractivity (Wildman–Crippen MR) is 70.0 cm³/mol. The van der Waals surface area contributed by atoms with E-state index in [1.54, 1.807) is 17.6 Å². The zero-order valence-corrected chi connectivity index (χ0v) is 11.3. The molecule has 0 unspecified atom stereocenters. The number of nitrogens with zero attached hydrogens (tertiary/aromatic N) is 1. The molecule has 18 heavy (non-hydrogen) atoms. The standard InChI is InChI=1S/C11H12N2O3S2/c1-8-2-10(5-12-4-8)13-18(15,16)11-3-9(6-14)7-17-11/h2-5,7,13-14H,6H2,1H3. The fraction of sp³-hybridized carbons (Fsp3) is 0.182. The van der Waals surface area contributed by atoms with Gasteiger partial charge >= 0.3 is 0 Å². The first-order chi connectivity index (χ1) is 8.51. The second kappa shape index (κ2) is 5.05.